The molecule has 9 heteroatoms. The zero-order chi connectivity index (χ0) is 22.7. The molecule has 0 saturated carbocycles. The summed E-state index contributed by atoms with van der Waals surface area (Å²) in [5.74, 6) is 1.02. The number of nitrogens with zero attached hydrogens (tertiary/aromatic N) is 4. The van der Waals surface area contributed by atoms with Crippen LogP contribution in [0.2, 0.25) is 0 Å². The first kappa shape index (κ1) is 21.9. The number of carbonyl (C=O) groups is 1. The molecule has 1 aromatic carbocycles. The second kappa shape index (κ2) is 9.44. The lowest BCUT2D eigenvalue weighted by atomic mass is 10.1. The quantitative estimate of drug-likeness (QED) is 0.521. The molecule has 32 heavy (non-hydrogen) atoms. The number of methoxy groups -OCH3 is 2. The van der Waals surface area contributed by atoms with E-state index in [0.29, 0.717) is 57.1 Å². The second-order valence-electron chi connectivity index (χ2n) is 7.75. The number of hydrogen-bond acceptors (Lipinski definition) is 7. The number of furan rings is 1. The van der Waals surface area contributed by atoms with Crippen LogP contribution < -0.4 is 15.2 Å². The van der Waals surface area contributed by atoms with Gasteiger partial charge in [-0.15, -0.1) is 0 Å². The minimum Gasteiger partial charge on any atom is -0.495 e. The number of aromatic nitrogens is 2. The average Bonchev–Trinajstić information content (AvgIpc) is 3.17. The van der Waals surface area contributed by atoms with Crippen LogP contribution in [0.1, 0.15) is 22.5 Å². The molecule has 1 aliphatic rings. The summed E-state index contributed by atoms with van der Waals surface area (Å²) >= 11 is 0. The van der Waals surface area contributed by atoms with Crippen LogP contribution in [0.5, 0.6) is 5.75 Å². The molecule has 3 heterocycles. The monoisotopic (exact) mass is 440 g/mol. The van der Waals surface area contributed by atoms with Crippen molar-refractivity contribution in [3.05, 3.63) is 52.3 Å². The van der Waals surface area contributed by atoms with Crippen LogP contribution in [0.3, 0.4) is 0 Å². The normalized spacial score (nSPS) is 14.2. The van der Waals surface area contributed by atoms with Gasteiger partial charge in [0.2, 0.25) is 5.71 Å². The van der Waals surface area contributed by atoms with E-state index in [9.17, 15) is 9.59 Å². The van der Waals surface area contributed by atoms with E-state index in [1.54, 1.807) is 26.0 Å². The van der Waals surface area contributed by atoms with Gasteiger partial charge in [-0.2, -0.15) is 0 Å². The summed E-state index contributed by atoms with van der Waals surface area (Å²) in [6.45, 7) is 5.11. The van der Waals surface area contributed by atoms with Crippen LogP contribution in [-0.2, 0) is 11.3 Å². The lowest BCUT2D eigenvalue weighted by Crippen LogP contribution is -2.49. The highest BCUT2D eigenvalue weighted by atomic mass is 16.5. The highest BCUT2D eigenvalue weighted by Gasteiger charge is 2.29. The van der Waals surface area contributed by atoms with Crippen LogP contribution in [0.4, 0.5) is 5.69 Å². The third-order valence-electron chi connectivity index (χ3n) is 5.81. The summed E-state index contributed by atoms with van der Waals surface area (Å²) in [5, 5.41) is 0.250. The fraction of sp³-hybridized carbons (Fsp3) is 0.435. The number of benzene rings is 1. The van der Waals surface area contributed by atoms with Gasteiger partial charge in [0.25, 0.3) is 11.5 Å². The molecular formula is C23H28N4O5. The van der Waals surface area contributed by atoms with E-state index >= 15 is 0 Å². The Morgan fingerprint density at radius 2 is 1.91 bits per heavy atom. The summed E-state index contributed by atoms with van der Waals surface area (Å²) in [4.78, 5) is 34.7. The summed E-state index contributed by atoms with van der Waals surface area (Å²) in [5.41, 5.74) is 1.25. The number of para-hydroxylation sites is 2. The molecule has 0 radical (unpaired) electrons. The summed E-state index contributed by atoms with van der Waals surface area (Å²) in [6, 6.07) is 7.85. The SMILES string of the molecule is COCCCn1cnc2oc(C)c(C(=O)N3CCN(c4ccccc4OC)CC3)c2c1=O. The number of carbonyl (C=O) groups excluding carboxylic acids is 1. The number of ether oxygens (including phenoxy) is 2. The second-order valence-corrected chi connectivity index (χ2v) is 7.75. The zero-order valence-electron chi connectivity index (χ0n) is 18.7. The standard InChI is InChI=1S/C23H28N4O5/c1-16-19(20-21(32-16)24-15-27(23(20)29)9-6-14-30-2)22(28)26-12-10-25(11-13-26)17-7-4-5-8-18(17)31-3/h4-5,7-8,15H,6,9-14H2,1-3H3. The van der Waals surface area contributed by atoms with Crippen molar-refractivity contribution in [2.45, 2.75) is 19.9 Å². The average molecular weight is 441 g/mol. The number of fused-ring (bicyclic) bond motifs is 1. The van der Waals surface area contributed by atoms with Crippen LogP contribution in [-0.4, -0.2) is 67.4 Å². The Morgan fingerprint density at radius 3 is 2.62 bits per heavy atom. The third-order valence-corrected chi connectivity index (χ3v) is 5.81. The molecule has 1 amide bonds. The number of aryl methyl sites for hydroxylation is 2. The van der Waals surface area contributed by atoms with Gasteiger partial charge in [0.05, 0.1) is 18.4 Å². The number of amides is 1. The maximum atomic E-state index is 13.4. The molecule has 170 valence electrons. The summed E-state index contributed by atoms with van der Waals surface area (Å²) < 4.78 is 17.7. The van der Waals surface area contributed by atoms with E-state index in [1.165, 1.54) is 10.9 Å². The molecule has 4 rings (SSSR count). The maximum absolute atomic E-state index is 13.4. The molecule has 0 atom stereocenters. The van der Waals surface area contributed by atoms with E-state index in [2.05, 4.69) is 9.88 Å². The molecule has 0 aliphatic carbocycles. The Morgan fingerprint density at radius 1 is 1.16 bits per heavy atom. The fourth-order valence-corrected chi connectivity index (χ4v) is 4.13. The van der Waals surface area contributed by atoms with Crippen molar-refractivity contribution in [1.29, 1.82) is 0 Å². The molecule has 0 N–H and O–H groups in total. The molecule has 0 spiro atoms. The van der Waals surface area contributed by atoms with Gasteiger partial charge in [-0.3, -0.25) is 14.2 Å². The van der Waals surface area contributed by atoms with Crippen LogP contribution in [0.25, 0.3) is 11.1 Å². The summed E-state index contributed by atoms with van der Waals surface area (Å²) in [7, 11) is 3.27. The Bertz CT molecular complexity index is 1160. The predicted octanol–water partition coefficient (Wildman–Crippen LogP) is 2.31. The molecular weight excluding hydrogens is 412 g/mol. The van der Waals surface area contributed by atoms with Gasteiger partial charge in [-0.05, 0) is 25.5 Å². The Labute approximate surface area is 186 Å². The predicted molar refractivity (Wildman–Crippen MR) is 121 cm³/mol. The summed E-state index contributed by atoms with van der Waals surface area (Å²) in [6.07, 6.45) is 2.14. The number of anilines is 1. The molecule has 1 fully saturated rings. The first-order valence-corrected chi connectivity index (χ1v) is 10.7. The first-order valence-electron chi connectivity index (χ1n) is 10.7. The Kier molecular flexibility index (Phi) is 6.45. The smallest absolute Gasteiger partial charge is 0.265 e. The van der Waals surface area contributed by atoms with Crippen molar-refractivity contribution in [2.24, 2.45) is 0 Å². The fourth-order valence-electron chi connectivity index (χ4n) is 4.13. The number of piperazine rings is 1. The largest absolute Gasteiger partial charge is 0.495 e. The van der Waals surface area contributed by atoms with E-state index in [1.807, 2.05) is 24.3 Å². The molecule has 0 unspecified atom stereocenters. The van der Waals surface area contributed by atoms with Gasteiger partial charge in [-0.25, -0.2) is 4.98 Å². The van der Waals surface area contributed by atoms with Crippen molar-refractivity contribution in [3.63, 3.8) is 0 Å². The van der Waals surface area contributed by atoms with Gasteiger partial charge in [0.1, 0.15) is 23.2 Å². The molecule has 1 saturated heterocycles. The highest BCUT2D eigenvalue weighted by Crippen LogP contribution is 2.29. The van der Waals surface area contributed by atoms with E-state index in [-0.39, 0.29) is 22.6 Å². The molecule has 0 bridgehead atoms. The zero-order valence-corrected chi connectivity index (χ0v) is 18.7. The molecule has 3 aromatic rings. The highest BCUT2D eigenvalue weighted by molar-refractivity contribution is 6.06. The van der Waals surface area contributed by atoms with Crippen molar-refractivity contribution in [3.8, 4) is 5.75 Å². The van der Waals surface area contributed by atoms with Gasteiger partial charge in [-0.1, -0.05) is 12.1 Å². The lowest BCUT2D eigenvalue weighted by Gasteiger charge is -2.36. The lowest BCUT2D eigenvalue weighted by molar-refractivity contribution is 0.0746. The minimum absolute atomic E-state index is 0.200. The van der Waals surface area contributed by atoms with Crippen LogP contribution in [0.15, 0.2) is 39.8 Å². The van der Waals surface area contributed by atoms with Gasteiger partial charge in [0, 0.05) is 46.4 Å². The van der Waals surface area contributed by atoms with Crippen molar-refractivity contribution < 1.29 is 18.7 Å². The third kappa shape index (κ3) is 4.08. The van der Waals surface area contributed by atoms with Gasteiger partial charge >= 0.3 is 0 Å². The maximum Gasteiger partial charge on any atom is 0.265 e. The number of hydrogen-bond donors (Lipinski definition) is 0. The molecule has 1 aliphatic heterocycles. The van der Waals surface area contributed by atoms with Crippen LogP contribution in [0, 0.1) is 6.92 Å². The van der Waals surface area contributed by atoms with Crippen molar-refractivity contribution in [2.75, 3.05) is 51.9 Å². The van der Waals surface area contributed by atoms with Gasteiger partial charge in [0.15, 0.2) is 0 Å². The Hall–Kier alpha value is -3.33. The number of rotatable bonds is 7. The van der Waals surface area contributed by atoms with Crippen LogP contribution >= 0.6 is 0 Å². The van der Waals surface area contributed by atoms with E-state index in [4.69, 9.17) is 13.9 Å². The van der Waals surface area contributed by atoms with E-state index < -0.39 is 0 Å². The van der Waals surface area contributed by atoms with Crippen molar-refractivity contribution >= 4 is 22.7 Å². The van der Waals surface area contributed by atoms with Gasteiger partial charge < -0.3 is 23.7 Å². The van der Waals surface area contributed by atoms with Crippen molar-refractivity contribution in [1.82, 2.24) is 14.5 Å². The first-order chi connectivity index (χ1) is 15.5. The topological polar surface area (TPSA) is 90.0 Å². The van der Waals surface area contributed by atoms with E-state index in [0.717, 1.165) is 11.4 Å². The molecule has 2 aromatic heterocycles. The Balaban J connectivity index is 1.56. The molecule has 9 nitrogen and oxygen atoms in total. The minimum atomic E-state index is -0.265.